The van der Waals surface area contributed by atoms with E-state index in [-0.39, 0.29) is 5.91 Å². The zero-order chi connectivity index (χ0) is 21.0. The van der Waals surface area contributed by atoms with Crippen molar-refractivity contribution in [1.82, 2.24) is 0 Å². The summed E-state index contributed by atoms with van der Waals surface area (Å²) in [6.07, 6.45) is 10.8. The lowest BCUT2D eigenvalue weighted by molar-refractivity contribution is -0.124. The smallest absolute Gasteiger partial charge is 0.337 e. The van der Waals surface area contributed by atoms with Gasteiger partial charge in [-0.25, -0.2) is 4.79 Å². The number of rotatable bonds is 13. The number of hydrogen-bond acceptors (Lipinski definition) is 4. The molecule has 0 spiro atoms. The Hall–Kier alpha value is -2.04. The van der Waals surface area contributed by atoms with Crippen LogP contribution in [0.1, 0.15) is 88.9 Å². The molecule has 0 fully saturated rings. The monoisotopic (exact) mass is 391 g/mol. The molecule has 28 heavy (non-hydrogen) atoms. The lowest BCUT2D eigenvalue weighted by Gasteiger charge is -2.24. The van der Waals surface area contributed by atoms with Gasteiger partial charge in [-0.3, -0.25) is 4.79 Å². The molecule has 0 radical (unpaired) electrons. The minimum Gasteiger partial charge on any atom is -0.495 e. The van der Waals surface area contributed by atoms with E-state index in [0.29, 0.717) is 17.0 Å². The van der Waals surface area contributed by atoms with E-state index in [0.717, 1.165) is 19.3 Å². The van der Waals surface area contributed by atoms with Gasteiger partial charge in [0.2, 0.25) is 5.91 Å². The first-order chi connectivity index (χ1) is 13.4. The zero-order valence-corrected chi connectivity index (χ0v) is 18.2. The van der Waals surface area contributed by atoms with Crippen molar-refractivity contribution in [2.45, 2.75) is 78.6 Å². The maximum absolute atomic E-state index is 12.8. The number of benzene rings is 1. The highest BCUT2D eigenvalue weighted by Crippen LogP contribution is 2.30. The highest BCUT2D eigenvalue weighted by atomic mass is 16.5. The van der Waals surface area contributed by atoms with Gasteiger partial charge in [0, 0.05) is 5.41 Å². The lowest BCUT2D eigenvalue weighted by Crippen LogP contribution is -2.31. The van der Waals surface area contributed by atoms with E-state index >= 15 is 0 Å². The number of hydrogen-bond donors (Lipinski definition) is 1. The van der Waals surface area contributed by atoms with Gasteiger partial charge in [0.1, 0.15) is 5.75 Å². The quantitative estimate of drug-likeness (QED) is 0.332. The Morgan fingerprint density at radius 1 is 0.964 bits per heavy atom. The van der Waals surface area contributed by atoms with Crippen molar-refractivity contribution in [2.75, 3.05) is 19.5 Å². The molecule has 0 aromatic heterocycles. The van der Waals surface area contributed by atoms with E-state index in [1.54, 1.807) is 18.2 Å². The number of unbranched alkanes of at least 4 members (excludes halogenated alkanes) is 7. The van der Waals surface area contributed by atoms with Crippen molar-refractivity contribution < 1.29 is 19.1 Å². The maximum Gasteiger partial charge on any atom is 0.337 e. The lowest BCUT2D eigenvalue weighted by atomic mass is 9.85. The molecule has 1 N–H and O–H groups in total. The van der Waals surface area contributed by atoms with Crippen LogP contribution in [0.5, 0.6) is 5.75 Å². The third-order valence-corrected chi connectivity index (χ3v) is 5.14. The fourth-order valence-electron chi connectivity index (χ4n) is 3.16. The number of nitrogens with one attached hydrogen (secondary N) is 1. The number of ether oxygens (including phenoxy) is 2. The van der Waals surface area contributed by atoms with E-state index in [2.05, 4.69) is 12.2 Å². The van der Waals surface area contributed by atoms with Crippen LogP contribution in [0.4, 0.5) is 5.69 Å². The molecule has 0 saturated carbocycles. The standard InChI is InChI=1S/C23H37NO4/c1-6-7-8-9-10-11-12-13-16-23(2,3)22(26)24-19-17-18(21(25)28-5)14-15-20(19)27-4/h14-15,17H,6-13,16H2,1-5H3,(H,24,26). The number of anilines is 1. The molecule has 0 aliphatic heterocycles. The van der Waals surface area contributed by atoms with Gasteiger partial charge in [-0.1, -0.05) is 72.1 Å². The predicted octanol–water partition coefficient (Wildman–Crippen LogP) is 5.98. The Morgan fingerprint density at radius 2 is 1.57 bits per heavy atom. The molecule has 1 amide bonds. The summed E-state index contributed by atoms with van der Waals surface area (Å²) in [7, 11) is 2.87. The van der Waals surface area contributed by atoms with E-state index in [1.165, 1.54) is 52.7 Å². The summed E-state index contributed by atoms with van der Waals surface area (Å²) in [4.78, 5) is 24.6. The molecule has 5 heteroatoms. The van der Waals surface area contributed by atoms with Crippen molar-refractivity contribution in [3.63, 3.8) is 0 Å². The van der Waals surface area contributed by atoms with E-state index < -0.39 is 11.4 Å². The number of esters is 1. The fourth-order valence-corrected chi connectivity index (χ4v) is 3.16. The van der Waals surface area contributed by atoms with Crippen LogP contribution in [0.25, 0.3) is 0 Å². The number of carbonyl (C=O) groups excluding carboxylic acids is 2. The summed E-state index contributed by atoms with van der Waals surface area (Å²) < 4.78 is 10.1. The Labute approximate surface area is 170 Å². The molecule has 0 atom stereocenters. The third-order valence-electron chi connectivity index (χ3n) is 5.14. The van der Waals surface area contributed by atoms with Crippen LogP contribution in [-0.4, -0.2) is 26.1 Å². The summed E-state index contributed by atoms with van der Waals surface area (Å²) in [5.41, 5.74) is 0.368. The molecular weight excluding hydrogens is 354 g/mol. The zero-order valence-electron chi connectivity index (χ0n) is 18.2. The number of methoxy groups -OCH3 is 2. The first-order valence-electron chi connectivity index (χ1n) is 10.4. The topological polar surface area (TPSA) is 64.6 Å². The molecule has 5 nitrogen and oxygen atoms in total. The number of carbonyl (C=O) groups is 2. The molecule has 1 rings (SSSR count). The minimum absolute atomic E-state index is 0.0734. The highest BCUT2D eigenvalue weighted by Gasteiger charge is 2.28. The van der Waals surface area contributed by atoms with Gasteiger partial charge in [0.15, 0.2) is 0 Å². The second-order valence-electron chi connectivity index (χ2n) is 7.97. The van der Waals surface area contributed by atoms with E-state index in [4.69, 9.17) is 9.47 Å². The van der Waals surface area contributed by atoms with Crippen LogP contribution in [0.3, 0.4) is 0 Å². The largest absolute Gasteiger partial charge is 0.495 e. The molecule has 0 aliphatic rings. The summed E-state index contributed by atoms with van der Waals surface area (Å²) in [5, 5.41) is 2.92. The van der Waals surface area contributed by atoms with Crippen molar-refractivity contribution in [3.05, 3.63) is 23.8 Å². The maximum atomic E-state index is 12.8. The fraction of sp³-hybridized carbons (Fsp3) is 0.652. The van der Waals surface area contributed by atoms with Gasteiger partial charge in [-0.05, 0) is 24.6 Å². The summed E-state index contributed by atoms with van der Waals surface area (Å²) in [6.45, 7) is 6.15. The normalized spacial score (nSPS) is 11.2. The van der Waals surface area contributed by atoms with E-state index in [9.17, 15) is 9.59 Å². The molecule has 0 saturated heterocycles. The molecule has 0 bridgehead atoms. The average Bonchev–Trinajstić information content (AvgIpc) is 2.69. The minimum atomic E-state index is -0.492. The summed E-state index contributed by atoms with van der Waals surface area (Å²) in [5.74, 6) is -0.00371. The Kier molecular flexibility index (Phi) is 10.6. The van der Waals surface area contributed by atoms with Gasteiger partial charge in [-0.2, -0.15) is 0 Å². The second kappa shape index (κ2) is 12.4. The van der Waals surface area contributed by atoms with Gasteiger partial charge < -0.3 is 14.8 Å². The highest BCUT2D eigenvalue weighted by molar-refractivity contribution is 5.98. The molecule has 1 aromatic rings. The molecule has 158 valence electrons. The SMILES string of the molecule is CCCCCCCCCCC(C)(C)C(=O)Nc1cc(C(=O)OC)ccc1OC. The summed E-state index contributed by atoms with van der Waals surface area (Å²) >= 11 is 0. The van der Waals surface area contributed by atoms with Crippen LogP contribution in [-0.2, 0) is 9.53 Å². The van der Waals surface area contributed by atoms with Gasteiger partial charge in [-0.15, -0.1) is 0 Å². The Morgan fingerprint density at radius 3 is 2.14 bits per heavy atom. The summed E-state index contributed by atoms with van der Waals surface area (Å²) in [6, 6.07) is 4.87. The first kappa shape index (κ1) is 24.0. The first-order valence-corrected chi connectivity index (χ1v) is 10.4. The van der Waals surface area contributed by atoms with Gasteiger partial charge in [0.05, 0.1) is 25.5 Å². The van der Waals surface area contributed by atoms with Gasteiger partial charge in [0.25, 0.3) is 0 Å². The van der Waals surface area contributed by atoms with Crippen LogP contribution >= 0.6 is 0 Å². The van der Waals surface area contributed by atoms with Crippen LogP contribution in [0, 0.1) is 5.41 Å². The van der Waals surface area contributed by atoms with Crippen LogP contribution in [0.15, 0.2) is 18.2 Å². The molecular formula is C23H37NO4. The predicted molar refractivity (Wildman–Crippen MR) is 114 cm³/mol. The Bertz CT molecular complexity index is 625. The third kappa shape index (κ3) is 7.91. The van der Waals surface area contributed by atoms with Crippen molar-refractivity contribution >= 4 is 17.6 Å². The van der Waals surface area contributed by atoms with Crippen molar-refractivity contribution in [2.24, 2.45) is 5.41 Å². The van der Waals surface area contributed by atoms with Crippen molar-refractivity contribution in [3.8, 4) is 5.75 Å². The molecule has 0 aliphatic carbocycles. The molecule has 0 heterocycles. The molecule has 0 unspecified atom stereocenters. The van der Waals surface area contributed by atoms with E-state index in [1.807, 2.05) is 13.8 Å². The average molecular weight is 392 g/mol. The van der Waals surface area contributed by atoms with Gasteiger partial charge >= 0.3 is 5.97 Å². The number of amides is 1. The van der Waals surface area contributed by atoms with Crippen LogP contribution in [0.2, 0.25) is 0 Å². The molecule has 1 aromatic carbocycles. The van der Waals surface area contributed by atoms with Crippen molar-refractivity contribution in [1.29, 1.82) is 0 Å². The van der Waals surface area contributed by atoms with Crippen LogP contribution < -0.4 is 10.1 Å². The Balaban J connectivity index is 2.56. The second-order valence-corrected chi connectivity index (χ2v) is 7.97.